The number of nitrogens with one attached hydrogen (secondary N) is 3. The number of benzene rings is 1. The molecule has 0 aromatic heterocycles. The molecule has 1 fully saturated rings. The van der Waals surface area contributed by atoms with Gasteiger partial charge in [-0.25, -0.2) is 4.79 Å². The van der Waals surface area contributed by atoms with E-state index < -0.39 is 36.3 Å². The highest BCUT2D eigenvalue weighted by atomic mass is 16.4. The van der Waals surface area contributed by atoms with Crippen molar-refractivity contribution in [2.24, 2.45) is 5.73 Å². The zero-order chi connectivity index (χ0) is 18.4. The maximum absolute atomic E-state index is 12.1. The molecule has 9 heteroatoms. The summed E-state index contributed by atoms with van der Waals surface area (Å²) in [5.41, 5.74) is 5.49. The predicted octanol–water partition coefficient (Wildman–Crippen LogP) is -1.41. The maximum atomic E-state index is 12.1. The molecule has 1 aliphatic rings. The average Bonchev–Trinajstić information content (AvgIpc) is 3.03. The lowest BCUT2D eigenvalue weighted by Crippen LogP contribution is -2.49. The van der Waals surface area contributed by atoms with Gasteiger partial charge in [-0.15, -0.1) is 0 Å². The van der Waals surface area contributed by atoms with E-state index in [1.807, 2.05) is 0 Å². The molecule has 1 saturated heterocycles. The van der Waals surface area contributed by atoms with Crippen LogP contribution in [0, 0.1) is 0 Å². The second kappa shape index (κ2) is 8.25. The summed E-state index contributed by atoms with van der Waals surface area (Å²) < 4.78 is 0. The summed E-state index contributed by atoms with van der Waals surface area (Å²) in [6, 6.07) is 6.39. The van der Waals surface area contributed by atoms with Crippen molar-refractivity contribution >= 4 is 23.7 Å². The molecule has 2 rings (SSSR count). The zero-order valence-electron chi connectivity index (χ0n) is 13.4. The molecular formula is C16H20N4O5. The first-order valence-electron chi connectivity index (χ1n) is 7.77. The topological polar surface area (TPSA) is 151 Å². The Morgan fingerprint density at radius 1 is 1.24 bits per heavy atom. The summed E-state index contributed by atoms with van der Waals surface area (Å²) in [5, 5.41) is 17.0. The first-order chi connectivity index (χ1) is 11.9. The van der Waals surface area contributed by atoms with Gasteiger partial charge in [-0.05, 0) is 18.6 Å². The van der Waals surface area contributed by atoms with Crippen LogP contribution < -0.4 is 21.7 Å². The standard InChI is InChI=1S/C16H20N4O5/c17-13(21)7-12(16(24)25)20-15(23)11-6-10(8-18-11)19-14(22)9-4-2-1-3-5-9/h1-5,10-12,18H,6-8H2,(H2,17,21)(H,19,22)(H,20,23)(H,24,25). The summed E-state index contributed by atoms with van der Waals surface area (Å²) in [5.74, 6) is -2.95. The van der Waals surface area contributed by atoms with Crippen molar-refractivity contribution in [3.05, 3.63) is 35.9 Å². The van der Waals surface area contributed by atoms with E-state index >= 15 is 0 Å². The maximum Gasteiger partial charge on any atom is 0.326 e. The average molecular weight is 348 g/mol. The summed E-state index contributed by atoms with van der Waals surface area (Å²) in [4.78, 5) is 46.2. The largest absolute Gasteiger partial charge is 0.480 e. The fraction of sp³-hybridized carbons (Fsp3) is 0.375. The Hall–Kier alpha value is -2.94. The van der Waals surface area contributed by atoms with Gasteiger partial charge in [0.25, 0.3) is 5.91 Å². The Labute approximate surface area is 144 Å². The van der Waals surface area contributed by atoms with Crippen molar-refractivity contribution in [3.8, 4) is 0 Å². The zero-order valence-corrected chi connectivity index (χ0v) is 13.4. The summed E-state index contributed by atoms with van der Waals surface area (Å²) in [6.07, 6.45) is -0.171. The minimum absolute atomic E-state index is 0.245. The lowest BCUT2D eigenvalue weighted by molar-refractivity contribution is -0.143. The van der Waals surface area contributed by atoms with Crippen molar-refractivity contribution in [1.29, 1.82) is 0 Å². The second-order valence-corrected chi connectivity index (χ2v) is 5.80. The number of nitrogens with two attached hydrogens (primary N) is 1. The molecule has 9 nitrogen and oxygen atoms in total. The molecule has 1 aromatic carbocycles. The van der Waals surface area contributed by atoms with Gasteiger partial charge in [0.05, 0.1) is 12.5 Å². The summed E-state index contributed by atoms with van der Waals surface area (Å²) in [6.45, 7) is 0.379. The fourth-order valence-electron chi connectivity index (χ4n) is 2.58. The van der Waals surface area contributed by atoms with Gasteiger partial charge in [-0.2, -0.15) is 0 Å². The Bertz CT molecular complexity index is 664. The molecule has 0 spiro atoms. The number of primary amides is 1. The highest BCUT2D eigenvalue weighted by Crippen LogP contribution is 2.09. The van der Waals surface area contributed by atoms with Crippen LogP contribution in [0.4, 0.5) is 0 Å². The molecule has 1 aliphatic heterocycles. The molecule has 0 bridgehead atoms. The van der Waals surface area contributed by atoms with Crippen molar-refractivity contribution in [2.45, 2.75) is 31.0 Å². The van der Waals surface area contributed by atoms with Crippen LogP contribution in [-0.2, 0) is 14.4 Å². The summed E-state index contributed by atoms with van der Waals surface area (Å²) in [7, 11) is 0. The Kier molecular flexibility index (Phi) is 6.07. The van der Waals surface area contributed by atoms with E-state index in [2.05, 4.69) is 16.0 Å². The van der Waals surface area contributed by atoms with Crippen LogP contribution in [0.1, 0.15) is 23.2 Å². The van der Waals surface area contributed by atoms with Crippen LogP contribution in [0.2, 0.25) is 0 Å². The minimum atomic E-state index is -1.37. The van der Waals surface area contributed by atoms with E-state index in [4.69, 9.17) is 10.8 Å². The second-order valence-electron chi connectivity index (χ2n) is 5.80. The molecule has 3 unspecified atom stereocenters. The number of amides is 3. The molecule has 25 heavy (non-hydrogen) atoms. The minimum Gasteiger partial charge on any atom is -0.480 e. The number of aliphatic carboxylic acids is 1. The van der Waals surface area contributed by atoms with Crippen LogP contribution in [0.5, 0.6) is 0 Å². The van der Waals surface area contributed by atoms with Crippen LogP contribution >= 0.6 is 0 Å². The van der Waals surface area contributed by atoms with E-state index in [0.717, 1.165) is 0 Å². The molecule has 0 radical (unpaired) electrons. The molecule has 3 atom stereocenters. The first-order valence-corrected chi connectivity index (χ1v) is 7.77. The van der Waals surface area contributed by atoms with Crippen LogP contribution in [0.3, 0.4) is 0 Å². The van der Waals surface area contributed by atoms with Gasteiger partial charge in [0.15, 0.2) is 0 Å². The van der Waals surface area contributed by atoms with E-state index in [9.17, 15) is 19.2 Å². The first kappa shape index (κ1) is 18.4. The van der Waals surface area contributed by atoms with Crippen LogP contribution in [0.15, 0.2) is 30.3 Å². The van der Waals surface area contributed by atoms with E-state index in [0.29, 0.717) is 18.5 Å². The molecule has 0 saturated carbocycles. The van der Waals surface area contributed by atoms with E-state index in [1.54, 1.807) is 30.3 Å². The van der Waals surface area contributed by atoms with Gasteiger partial charge >= 0.3 is 5.97 Å². The lowest BCUT2D eigenvalue weighted by atomic mass is 10.1. The predicted molar refractivity (Wildman–Crippen MR) is 87.5 cm³/mol. The van der Waals surface area contributed by atoms with E-state index in [1.165, 1.54) is 0 Å². The molecule has 1 heterocycles. The van der Waals surface area contributed by atoms with Crippen molar-refractivity contribution in [2.75, 3.05) is 6.54 Å². The molecule has 3 amide bonds. The monoisotopic (exact) mass is 348 g/mol. The third-order valence-electron chi connectivity index (χ3n) is 3.84. The van der Waals surface area contributed by atoms with Gasteiger partial charge in [-0.1, -0.05) is 18.2 Å². The Morgan fingerprint density at radius 3 is 2.52 bits per heavy atom. The number of hydrogen-bond donors (Lipinski definition) is 5. The number of carboxylic acid groups (broad SMARTS) is 1. The quantitative estimate of drug-likeness (QED) is 0.408. The molecule has 134 valence electrons. The van der Waals surface area contributed by atoms with Gasteiger partial charge in [0.2, 0.25) is 11.8 Å². The van der Waals surface area contributed by atoms with Crippen LogP contribution in [-0.4, -0.2) is 53.5 Å². The molecule has 6 N–H and O–H groups in total. The Morgan fingerprint density at radius 2 is 1.92 bits per heavy atom. The Balaban J connectivity index is 1.87. The molecular weight excluding hydrogens is 328 g/mol. The highest BCUT2D eigenvalue weighted by Gasteiger charge is 2.33. The normalized spacial score (nSPS) is 20.5. The van der Waals surface area contributed by atoms with Crippen LogP contribution in [0.25, 0.3) is 0 Å². The van der Waals surface area contributed by atoms with Gasteiger partial charge < -0.3 is 26.8 Å². The fourth-order valence-corrected chi connectivity index (χ4v) is 2.58. The van der Waals surface area contributed by atoms with Crippen molar-refractivity contribution in [3.63, 3.8) is 0 Å². The number of carbonyl (C=O) groups is 4. The third kappa shape index (κ3) is 5.28. The molecule has 1 aromatic rings. The third-order valence-corrected chi connectivity index (χ3v) is 3.84. The van der Waals surface area contributed by atoms with Gasteiger partial charge in [0.1, 0.15) is 6.04 Å². The smallest absolute Gasteiger partial charge is 0.326 e. The SMILES string of the molecule is NC(=O)CC(NC(=O)C1CC(NC(=O)c2ccccc2)CN1)C(=O)O. The number of carboxylic acids is 1. The van der Waals surface area contributed by atoms with Gasteiger partial charge in [-0.3, -0.25) is 14.4 Å². The van der Waals surface area contributed by atoms with Crippen molar-refractivity contribution < 1.29 is 24.3 Å². The lowest BCUT2D eigenvalue weighted by Gasteiger charge is -2.16. The number of rotatable bonds is 7. The van der Waals surface area contributed by atoms with E-state index in [-0.39, 0.29) is 11.9 Å². The molecule has 0 aliphatic carbocycles. The van der Waals surface area contributed by atoms with Crippen molar-refractivity contribution in [1.82, 2.24) is 16.0 Å². The number of carbonyl (C=O) groups excluding carboxylic acids is 3. The highest BCUT2D eigenvalue weighted by molar-refractivity contribution is 5.94. The summed E-state index contributed by atoms with van der Waals surface area (Å²) >= 11 is 0. The number of hydrogen-bond acceptors (Lipinski definition) is 5. The van der Waals surface area contributed by atoms with Gasteiger partial charge in [0, 0.05) is 18.2 Å².